The summed E-state index contributed by atoms with van der Waals surface area (Å²) in [6.45, 7) is 5.67. The summed E-state index contributed by atoms with van der Waals surface area (Å²) in [6.07, 6.45) is 0. The molecule has 2 amide bonds. The maximum absolute atomic E-state index is 12.2. The van der Waals surface area contributed by atoms with Crippen LogP contribution in [0.25, 0.3) is 0 Å². The second kappa shape index (κ2) is 6.89. The Hall–Kier alpha value is -2.62. The molecule has 0 atom stereocenters. The van der Waals surface area contributed by atoms with E-state index < -0.39 is 0 Å². The van der Waals surface area contributed by atoms with Crippen LogP contribution in [0.4, 0.5) is 11.4 Å². The standard InChI is InChI=1S/C18H20N2O2/c1-12(2)15-5-4-6-17(11-15)20-18(22)14-7-9-16(10-8-14)19-13(3)21/h4-12H,1-3H3,(H,19,21)(H,20,22). The number of carbonyl (C=O) groups excluding carboxylic acids is 2. The van der Waals surface area contributed by atoms with Crippen LogP contribution >= 0.6 is 0 Å². The van der Waals surface area contributed by atoms with Crippen molar-refractivity contribution in [3.05, 3.63) is 59.7 Å². The number of anilines is 2. The highest BCUT2D eigenvalue weighted by Crippen LogP contribution is 2.19. The Bertz CT molecular complexity index is 676. The lowest BCUT2D eigenvalue weighted by molar-refractivity contribution is -0.114. The second-order valence-electron chi connectivity index (χ2n) is 5.49. The van der Waals surface area contributed by atoms with Gasteiger partial charge in [0.1, 0.15) is 0 Å². The first-order chi connectivity index (χ1) is 10.5. The van der Waals surface area contributed by atoms with Gasteiger partial charge in [0.05, 0.1) is 0 Å². The first kappa shape index (κ1) is 15.8. The molecule has 2 aromatic rings. The fraction of sp³-hybridized carbons (Fsp3) is 0.222. The highest BCUT2D eigenvalue weighted by molar-refractivity contribution is 6.04. The highest BCUT2D eigenvalue weighted by Gasteiger charge is 2.07. The summed E-state index contributed by atoms with van der Waals surface area (Å²) in [5.41, 5.74) is 3.18. The van der Waals surface area contributed by atoms with Crippen LogP contribution in [0.3, 0.4) is 0 Å². The molecule has 4 heteroatoms. The van der Waals surface area contributed by atoms with E-state index in [0.717, 1.165) is 5.69 Å². The summed E-state index contributed by atoms with van der Waals surface area (Å²) >= 11 is 0. The fourth-order valence-corrected chi connectivity index (χ4v) is 2.09. The van der Waals surface area contributed by atoms with Crippen LogP contribution in [0.15, 0.2) is 48.5 Å². The topological polar surface area (TPSA) is 58.2 Å². The second-order valence-corrected chi connectivity index (χ2v) is 5.49. The average molecular weight is 296 g/mol. The van der Waals surface area contributed by atoms with Crippen LogP contribution in [0, 0.1) is 0 Å². The number of amides is 2. The van der Waals surface area contributed by atoms with Gasteiger partial charge < -0.3 is 10.6 Å². The highest BCUT2D eigenvalue weighted by atomic mass is 16.2. The molecule has 22 heavy (non-hydrogen) atoms. The minimum absolute atomic E-state index is 0.136. The van der Waals surface area contributed by atoms with Crippen LogP contribution in [0.2, 0.25) is 0 Å². The van der Waals surface area contributed by atoms with Gasteiger partial charge in [-0.1, -0.05) is 26.0 Å². The predicted molar refractivity (Wildman–Crippen MR) is 89.2 cm³/mol. The van der Waals surface area contributed by atoms with E-state index >= 15 is 0 Å². The molecule has 2 rings (SSSR count). The van der Waals surface area contributed by atoms with Gasteiger partial charge >= 0.3 is 0 Å². The van der Waals surface area contributed by atoms with E-state index in [1.165, 1.54) is 12.5 Å². The Morgan fingerprint density at radius 1 is 0.909 bits per heavy atom. The maximum Gasteiger partial charge on any atom is 0.255 e. The SMILES string of the molecule is CC(=O)Nc1ccc(C(=O)Nc2cccc(C(C)C)c2)cc1. The molecule has 0 aliphatic carbocycles. The van der Waals surface area contributed by atoms with E-state index in [0.29, 0.717) is 17.2 Å². The predicted octanol–water partition coefficient (Wildman–Crippen LogP) is 4.02. The van der Waals surface area contributed by atoms with E-state index in [2.05, 4.69) is 24.5 Å². The summed E-state index contributed by atoms with van der Waals surface area (Å²) in [4.78, 5) is 23.2. The van der Waals surface area contributed by atoms with E-state index in [1.54, 1.807) is 24.3 Å². The lowest BCUT2D eigenvalue weighted by atomic mass is 10.0. The van der Waals surface area contributed by atoms with Crippen molar-refractivity contribution in [2.45, 2.75) is 26.7 Å². The molecule has 0 saturated carbocycles. The van der Waals surface area contributed by atoms with Crippen molar-refractivity contribution in [3.8, 4) is 0 Å². The third kappa shape index (κ3) is 4.19. The van der Waals surface area contributed by atoms with E-state index in [4.69, 9.17) is 0 Å². The molecule has 0 spiro atoms. The van der Waals surface area contributed by atoms with Crippen molar-refractivity contribution < 1.29 is 9.59 Å². The lowest BCUT2D eigenvalue weighted by Gasteiger charge is -2.10. The van der Waals surface area contributed by atoms with E-state index in [9.17, 15) is 9.59 Å². The van der Waals surface area contributed by atoms with E-state index in [-0.39, 0.29) is 11.8 Å². The first-order valence-electron chi connectivity index (χ1n) is 7.24. The molecule has 0 aliphatic rings. The molecule has 0 unspecified atom stereocenters. The molecule has 0 radical (unpaired) electrons. The average Bonchev–Trinajstić information content (AvgIpc) is 2.47. The minimum Gasteiger partial charge on any atom is -0.326 e. The number of rotatable bonds is 4. The normalized spacial score (nSPS) is 10.4. The maximum atomic E-state index is 12.2. The summed E-state index contributed by atoms with van der Waals surface area (Å²) in [6, 6.07) is 14.6. The molecule has 0 bridgehead atoms. The molecular weight excluding hydrogens is 276 g/mol. The van der Waals surface area contributed by atoms with Crippen molar-refractivity contribution in [1.29, 1.82) is 0 Å². The largest absolute Gasteiger partial charge is 0.326 e. The summed E-state index contributed by atoms with van der Waals surface area (Å²) in [7, 11) is 0. The number of nitrogens with one attached hydrogen (secondary N) is 2. The van der Waals surface area contributed by atoms with E-state index in [1.807, 2.05) is 24.3 Å². The van der Waals surface area contributed by atoms with Gasteiger partial charge in [-0.3, -0.25) is 9.59 Å². The third-order valence-electron chi connectivity index (χ3n) is 3.28. The van der Waals surface area contributed by atoms with Gasteiger partial charge in [0, 0.05) is 23.9 Å². The Morgan fingerprint density at radius 2 is 1.59 bits per heavy atom. The number of hydrogen-bond acceptors (Lipinski definition) is 2. The van der Waals surface area contributed by atoms with Crippen LogP contribution in [-0.4, -0.2) is 11.8 Å². The van der Waals surface area contributed by atoms with Gasteiger partial charge in [0.2, 0.25) is 5.91 Å². The van der Waals surface area contributed by atoms with Crippen LogP contribution in [0.5, 0.6) is 0 Å². The van der Waals surface area contributed by atoms with Gasteiger partial charge in [-0.05, 0) is 47.9 Å². The Balaban J connectivity index is 2.08. The van der Waals surface area contributed by atoms with Gasteiger partial charge in [0.15, 0.2) is 0 Å². The van der Waals surface area contributed by atoms with Crippen molar-refractivity contribution in [3.63, 3.8) is 0 Å². The Labute approximate surface area is 130 Å². The van der Waals surface area contributed by atoms with Crippen molar-refractivity contribution in [2.75, 3.05) is 10.6 Å². The number of carbonyl (C=O) groups is 2. The van der Waals surface area contributed by atoms with Crippen LogP contribution < -0.4 is 10.6 Å². The van der Waals surface area contributed by atoms with Gasteiger partial charge in [-0.15, -0.1) is 0 Å². The van der Waals surface area contributed by atoms with Gasteiger partial charge in [0.25, 0.3) is 5.91 Å². The molecule has 0 heterocycles. The van der Waals surface area contributed by atoms with Crippen molar-refractivity contribution in [2.24, 2.45) is 0 Å². The number of hydrogen-bond donors (Lipinski definition) is 2. The minimum atomic E-state index is -0.171. The molecule has 4 nitrogen and oxygen atoms in total. The van der Waals surface area contributed by atoms with Gasteiger partial charge in [-0.2, -0.15) is 0 Å². The molecule has 2 aromatic carbocycles. The summed E-state index contributed by atoms with van der Waals surface area (Å²) in [5.74, 6) is 0.103. The lowest BCUT2D eigenvalue weighted by Crippen LogP contribution is -2.12. The quantitative estimate of drug-likeness (QED) is 0.895. The van der Waals surface area contributed by atoms with Crippen LogP contribution in [-0.2, 0) is 4.79 Å². The molecule has 114 valence electrons. The fourth-order valence-electron chi connectivity index (χ4n) is 2.09. The number of benzene rings is 2. The zero-order chi connectivity index (χ0) is 16.1. The molecule has 0 aliphatic heterocycles. The molecule has 0 fully saturated rings. The molecular formula is C18H20N2O2. The Kier molecular flexibility index (Phi) is 4.94. The summed E-state index contributed by atoms with van der Waals surface area (Å²) in [5, 5.41) is 5.56. The van der Waals surface area contributed by atoms with Crippen LogP contribution in [0.1, 0.15) is 42.6 Å². The first-order valence-corrected chi connectivity index (χ1v) is 7.24. The molecule has 0 saturated heterocycles. The van der Waals surface area contributed by atoms with Crippen molar-refractivity contribution in [1.82, 2.24) is 0 Å². The zero-order valence-corrected chi connectivity index (χ0v) is 13.0. The monoisotopic (exact) mass is 296 g/mol. The third-order valence-corrected chi connectivity index (χ3v) is 3.28. The zero-order valence-electron chi connectivity index (χ0n) is 13.0. The molecule has 2 N–H and O–H groups in total. The molecule has 0 aromatic heterocycles. The van der Waals surface area contributed by atoms with Crippen molar-refractivity contribution >= 4 is 23.2 Å². The Morgan fingerprint density at radius 3 is 2.18 bits per heavy atom. The summed E-state index contributed by atoms with van der Waals surface area (Å²) < 4.78 is 0. The van der Waals surface area contributed by atoms with Gasteiger partial charge in [-0.25, -0.2) is 0 Å². The smallest absolute Gasteiger partial charge is 0.255 e.